The van der Waals surface area contributed by atoms with Crippen LogP contribution in [0.4, 0.5) is 0 Å². The minimum Gasteiger partial charge on any atom is -0.497 e. The third-order valence-corrected chi connectivity index (χ3v) is 2.71. The molecule has 1 aromatic heterocycles. The number of benzene rings is 1. The van der Waals surface area contributed by atoms with Crippen molar-refractivity contribution < 1.29 is 4.74 Å². The Balaban J connectivity index is 2.52. The molecular formula is C13H13ClN2O. The summed E-state index contributed by atoms with van der Waals surface area (Å²) in [5.74, 6) is 1.51. The van der Waals surface area contributed by atoms with Gasteiger partial charge < -0.3 is 4.74 Å². The molecule has 0 fully saturated rings. The first-order chi connectivity index (χ1) is 8.10. The van der Waals surface area contributed by atoms with Gasteiger partial charge in [-0.1, -0.05) is 11.6 Å². The van der Waals surface area contributed by atoms with Crippen LogP contribution >= 0.6 is 11.6 Å². The number of hydrogen-bond donors (Lipinski definition) is 0. The second-order valence-electron chi connectivity index (χ2n) is 3.80. The molecule has 0 aliphatic rings. The zero-order chi connectivity index (χ0) is 12.4. The van der Waals surface area contributed by atoms with E-state index in [2.05, 4.69) is 9.97 Å². The predicted molar refractivity (Wildman–Crippen MR) is 68.5 cm³/mol. The Hall–Kier alpha value is -1.61. The third kappa shape index (κ3) is 2.56. The van der Waals surface area contributed by atoms with Gasteiger partial charge in [0.05, 0.1) is 12.8 Å². The third-order valence-electron chi connectivity index (χ3n) is 2.52. The monoisotopic (exact) mass is 248 g/mol. The molecule has 0 radical (unpaired) electrons. The van der Waals surface area contributed by atoms with Crippen molar-refractivity contribution in [3.63, 3.8) is 0 Å². The van der Waals surface area contributed by atoms with Crippen LogP contribution in [-0.4, -0.2) is 17.1 Å². The zero-order valence-electron chi connectivity index (χ0n) is 9.99. The van der Waals surface area contributed by atoms with E-state index < -0.39 is 0 Å². The summed E-state index contributed by atoms with van der Waals surface area (Å²) in [7, 11) is 1.65. The van der Waals surface area contributed by atoms with Crippen molar-refractivity contribution in [2.24, 2.45) is 0 Å². The topological polar surface area (TPSA) is 35.0 Å². The van der Waals surface area contributed by atoms with Crippen LogP contribution in [0.25, 0.3) is 11.3 Å². The normalized spacial score (nSPS) is 10.4. The second kappa shape index (κ2) is 4.72. The molecule has 0 N–H and O–H groups in total. The van der Waals surface area contributed by atoms with Crippen molar-refractivity contribution in [3.05, 3.63) is 40.8 Å². The van der Waals surface area contributed by atoms with Crippen LogP contribution in [0.2, 0.25) is 5.15 Å². The van der Waals surface area contributed by atoms with Crippen molar-refractivity contribution in [3.8, 4) is 17.0 Å². The van der Waals surface area contributed by atoms with E-state index in [1.54, 1.807) is 13.2 Å². The van der Waals surface area contributed by atoms with Gasteiger partial charge in [0.25, 0.3) is 0 Å². The lowest BCUT2D eigenvalue weighted by atomic mass is 10.1. The minimum absolute atomic E-state index is 0.461. The fourth-order valence-electron chi connectivity index (χ4n) is 1.72. The molecule has 0 unspecified atom stereocenters. The summed E-state index contributed by atoms with van der Waals surface area (Å²) in [6.45, 7) is 3.84. The molecular weight excluding hydrogens is 236 g/mol. The molecule has 0 saturated heterocycles. The molecule has 4 heteroatoms. The van der Waals surface area contributed by atoms with Crippen LogP contribution in [0.1, 0.15) is 11.4 Å². The summed E-state index contributed by atoms with van der Waals surface area (Å²) in [5.41, 5.74) is 2.97. The lowest BCUT2D eigenvalue weighted by Crippen LogP contribution is -1.94. The molecule has 0 spiro atoms. The van der Waals surface area contributed by atoms with Crippen LogP contribution in [0.5, 0.6) is 5.75 Å². The van der Waals surface area contributed by atoms with Crippen molar-refractivity contribution in [2.75, 3.05) is 7.11 Å². The van der Waals surface area contributed by atoms with Gasteiger partial charge in [-0.2, -0.15) is 0 Å². The Morgan fingerprint density at radius 1 is 1.12 bits per heavy atom. The zero-order valence-corrected chi connectivity index (χ0v) is 10.7. The highest BCUT2D eigenvalue weighted by Crippen LogP contribution is 2.26. The first-order valence-electron chi connectivity index (χ1n) is 5.26. The Kier molecular flexibility index (Phi) is 3.29. The number of halogens is 1. The van der Waals surface area contributed by atoms with Gasteiger partial charge in [-0.15, -0.1) is 0 Å². The van der Waals surface area contributed by atoms with Gasteiger partial charge in [0.1, 0.15) is 16.7 Å². The van der Waals surface area contributed by atoms with Gasteiger partial charge in [0.15, 0.2) is 0 Å². The van der Waals surface area contributed by atoms with E-state index in [9.17, 15) is 0 Å². The van der Waals surface area contributed by atoms with Gasteiger partial charge in [-0.05, 0) is 37.6 Å². The minimum atomic E-state index is 0.461. The summed E-state index contributed by atoms with van der Waals surface area (Å²) in [5, 5.41) is 0.461. The number of methoxy groups -OCH3 is 1. The number of ether oxygens (including phenoxy) is 1. The first-order valence-corrected chi connectivity index (χ1v) is 5.64. The van der Waals surface area contributed by atoms with Crippen LogP contribution in [0, 0.1) is 13.8 Å². The Bertz CT molecular complexity index is 535. The van der Waals surface area contributed by atoms with E-state index in [1.165, 1.54) is 0 Å². The molecule has 0 bridgehead atoms. The number of aryl methyl sites for hydroxylation is 2. The fourth-order valence-corrected chi connectivity index (χ4v) is 1.95. The molecule has 88 valence electrons. The quantitative estimate of drug-likeness (QED) is 0.764. The maximum absolute atomic E-state index is 5.94. The lowest BCUT2D eigenvalue weighted by Gasteiger charge is -2.08. The van der Waals surface area contributed by atoms with E-state index in [0.717, 1.165) is 22.6 Å². The van der Waals surface area contributed by atoms with E-state index in [4.69, 9.17) is 16.3 Å². The highest BCUT2D eigenvalue weighted by molar-refractivity contribution is 6.29. The summed E-state index contributed by atoms with van der Waals surface area (Å²) in [6, 6.07) is 7.63. The summed E-state index contributed by atoms with van der Waals surface area (Å²) >= 11 is 5.94. The van der Waals surface area contributed by atoms with Crippen molar-refractivity contribution >= 4 is 11.6 Å². The van der Waals surface area contributed by atoms with Crippen molar-refractivity contribution in [1.29, 1.82) is 0 Å². The van der Waals surface area contributed by atoms with Gasteiger partial charge in [-0.25, -0.2) is 9.97 Å². The van der Waals surface area contributed by atoms with Crippen LogP contribution in [0.15, 0.2) is 24.3 Å². The van der Waals surface area contributed by atoms with Crippen molar-refractivity contribution in [2.45, 2.75) is 13.8 Å². The summed E-state index contributed by atoms with van der Waals surface area (Å²) in [4.78, 5) is 8.44. The molecule has 0 atom stereocenters. The molecule has 17 heavy (non-hydrogen) atoms. The number of aromatic nitrogens is 2. The molecule has 2 rings (SSSR count). The fraction of sp³-hybridized carbons (Fsp3) is 0.231. The Morgan fingerprint density at radius 2 is 1.88 bits per heavy atom. The lowest BCUT2D eigenvalue weighted by molar-refractivity contribution is 0.414. The van der Waals surface area contributed by atoms with Gasteiger partial charge in [0.2, 0.25) is 0 Å². The maximum Gasteiger partial charge on any atom is 0.133 e. The number of rotatable bonds is 2. The molecule has 0 amide bonds. The number of hydrogen-bond acceptors (Lipinski definition) is 3. The molecule has 0 saturated carbocycles. The molecule has 0 aliphatic heterocycles. The van der Waals surface area contributed by atoms with Crippen LogP contribution in [-0.2, 0) is 0 Å². The second-order valence-corrected chi connectivity index (χ2v) is 4.19. The highest BCUT2D eigenvalue weighted by atomic mass is 35.5. The Labute approximate surface area is 105 Å². The molecule has 1 aromatic carbocycles. The largest absolute Gasteiger partial charge is 0.497 e. The molecule has 3 nitrogen and oxygen atoms in total. The first kappa shape index (κ1) is 11.9. The van der Waals surface area contributed by atoms with Gasteiger partial charge in [0, 0.05) is 11.6 Å². The molecule has 2 aromatic rings. The summed E-state index contributed by atoms with van der Waals surface area (Å²) < 4.78 is 5.17. The maximum atomic E-state index is 5.94. The van der Waals surface area contributed by atoms with Gasteiger partial charge in [-0.3, -0.25) is 0 Å². The standard InChI is InChI=1S/C13H13ClN2O/c1-8-6-10(17-3)4-5-11(8)12-7-13(14)16-9(2)15-12/h4-7H,1-3H3. The van der Waals surface area contributed by atoms with E-state index >= 15 is 0 Å². The SMILES string of the molecule is COc1ccc(-c2cc(Cl)nc(C)n2)c(C)c1. The van der Waals surface area contributed by atoms with E-state index in [-0.39, 0.29) is 0 Å². The average Bonchev–Trinajstić information content (AvgIpc) is 2.27. The van der Waals surface area contributed by atoms with E-state index in [1.807, 2.05) is 32.0 Å². The van der Waals surface area contributed by atoms with Crippen molar-refractivity contribution in [1.82, 2.24) is 9.97 Å². The Morgan fingerprint density at radius 3 is 2.47 bits per heavy atom. The van der Waals surface area contributed by atoms with E-state index in [0.29, 0.717) is 11.0 Å². The predicted octanol–water partition coefficient (Wildman–Crippen LogP) is 3.42. The molecule has 0 aliphatic carbocycles. The number of nitrogens with zero attached hydrogens (tertiary/aromatic N) is 2. The van der Waals surface area contributed by atoms with Gasteiger partial charge >= 0.3 is 0 Å². The average molecular weight is 249 g/mol. The van der Waals surface area contributed by atoms with Crippen LogP contribution in [0.3, 0.4) is 0 Å². The van der Waals surface area contributed by atoms with Crippen LogP contribution < -0.4 is 4.74 Å². The highest BCUT2D eigenvalue weighted by Gasteiger charge is 2.07. The molecule has 1 heterocycles. The smallest absolute Gasteiger partial charge is 0.133 e. The summed E-state index contributed by atoms with van der Waals surface area (Å²) in [6.07, 6.45) is 0.